The summed E-state index contributed by atoms with van der Waals surface area (Å²) in [5, 5.41) is 2.80. The fourth-order valence-electron chi connectivity index (χ4n) is 6.08. The van der Waals surface area contributed by atoms with Crippen LogP contribution in [0, 0.1) is 0 Å². The average molecular weight is 460 g/mol. The number of H-pyrrole nitrogens is 1. The van der Waals surface area contributed by atoms with E-state index >= 15 is 0 Å². The summed E-state index contributed by atoms with van der Waals surface area (Å²) >= 11 is 0. The molecular formula is C28H21N5O2. The number of hydrogen-bond acceptors (Lipinski definition) is 6. The van der Waals surface area contributed by atoms with E-state index in [1.165, 1.54) is 16.8 Å². The van der Waals surface area contributed by atoms with Gasteiger partial charge in [0, 0.05) is 52.9 Å². The predicted octanol–water partition coefficient (Wildman–Crippen LogP) is 5.13. The summed E-state index contributed by atoms with van der Waals surface area (Å²) < 4.78 is 6.02. The number of aryl methyl sites for hydroxylation is 2. The van der Waals surface area contributed by atoms with E-state index < -0.39 is 0 Å². The Labute approximate surface area is 199 Å². The Morgan fingerprint density at radius 2 is 1.69 bits per heavy atom. The first kappa shape index (κ1) is 19.1. The van der Waals surface area contributed by atoms with E-state index in [0.29, 0.717) is 11.4 Å². The van der Waals surface area contributed by atoms with Gasteiger partial charge in [0.25, 0.3) is 0 Å². The maximum Gasteiger partial charge on any atom is 0.347 e. The molecule has 0 aliphatic carbocycles. The highest BCUT2D eigenvalue weighted by Gasteiger charge is 2.27. The molecule has 0 bridgehead atoms. The Morgan fingerprint density at radius 1 is 0.914 bits per heavy atom. The third kappa shape index (κ3) is 2.60. The van der Waals surface area contributed by atoms with Gasteiger partial charge in [0.2, 0.25) is 0 Å². The molecule has 2 aliphatic rings. The molecule has 0 atom stereocenters. The number of hydrogen-bond donors (Lipinski definition) is 1. The predicted molar refractivity (Wildman–Crippen MR) is 137 cm³/mol. The number of anilines is 1. The molecule has 0 amide bonds. The van der Waals surface area contributed by atoms with E-state index in [1.807, 2.05) is 30.3 Å². The molecule has 170 valence electrons. The molecule has 6 aromatic rings. The van der Waals surface area contributed by atoms with Crippen molar-refractivity contribution in [3.63, 3.8) is 0 Å². The Balaban J connectivity index is 1.41. The molecule has 0 unspecified atom stereocenters. The van der Waals surface area contributed by atoms with Gasteiger partial charge < -0.3 is 14.3 Å². The van der Waals surface area contributed by atoms with Gasteiger partial charge in [0.05, 0.1) is 22.1 Å². The number of aromatic amines is 1. The average Bonchev–Trinajstić information content (AvgIpc) is 3.35. The van der Waals surface area contributed by atoms with Crippen molar-refractivity contribution < 1.29 is 4.42 Å². The van der Waals surface area contributed by atoms with E-state index in [-0.39, 0.29) is 5.63 Å². The highest BCUT2D eigenvalue weighted by Crippen LogP contribution is 2.40. The first-order valence-electron chi connectivity index (χ1n) is 12.2. The van der Waals surface area contributed by atoms with Crippen LogP contribution < -0.4 is 10.5 Å². The fourth-order valence-corrected chi connectivity index (χ4v) is 6.08. The van der Waals surface area contributed by atoms with Gasteiger partial charge in [0.1, 0.15) is 17.0 Å². The van der Waals surface area contributed by atoms with Gasteiger partial charge in [-0.1, -0.05) is 0 Å². The second-order valence-corrected chi connectivity index (χ2v) is 9.53. The number of pyridine rings is 2. The lowest BCUT2D eigenvalue weighted by molar-refractivity contribution is 0.551. The lowest BCUT2D eigenvalue weighted by Crippen LogP contribution is -2.34. The minimum absolute atomic E-state index is 0.370. The zero-order valence-electron chi connectivity index (χ0n) is 19.0. The Hall–Kier alpha value is -4.26. The number of rotatable bonds is 1. The van der Waals surface area contributed by atoms with Crippen molar-refractivity contribution in [3.05, 3.63) is 70.3 Å². The van der Waals surface area contributed by atoms with Crippen molar-refractivity contribution in [2.24, 2.45) is 0 Å². The van der Waals surface area contributed by atoms with Gasteiger partial charge in [-0.25, -0.2) is 9.78 Å². The normalized spacial score (nSPS) is 15.4. The Morgan fingerprint density at radius 3 is 2.54 bits per heavy atom. The molecule has 1 N–H and O–H groups in total. The van der Waals surface area contributed by atoms with Gasteiger partial charge in [-0.3, -0.25) is 9.97 Å². The third-order valence-corrected chi connectivity index (χ3v) is 7.54. The summed E-state index contributed by atoms with van der Waals surface area (Å²) in [4.78, 5) is 33.2. The van der Waals surface area contributed by atoms with Crippen molar-refractivity contribution in [2.75, 3.05) is 18.0 Å². The maximum absolute atomic E-state index is 13.3. The van der Waals surface area contributed by atoms with Gasteiger partial charge in [-0.15, -0.1) is 0 Å². The quantitative estimate of drug-likeness (QED) is 0.271. The van der Waals surface area contributed by atoms with Crippen LogP contribution >= 0.6 is 0 Å². The van der Waals surface area contributed by atoms with Crippen molar-refractivity contribution in [1.82, 2.24) is 19.9 Å². The molecular weight excluding hydrogens is 438 g/mol. The monoisotopic (exact) mass is 459 g/mol. The van der Waals surface area contributed by atoms with Crippen molar-refractivity contribution >= 4 is 49.5 Å². The van der Waals surface area contributed by atoms with Crippen molar-refractivity contribution in [3.8, 4) is 11.4 Å². The molecule has 0 radical (unpaired) electrons. The zero-order valence-corrected chi connectivity index (χ0v) is 19.0. The molecule has 8 rings (SSSR count). The highest BCUT2D eigenvalue weighted by atomic mass is 16.4. The van der Waals surface area contributed by atoms with Crippen LogP contribution in [0.2, 0.25) is 0 Å². The number of nitrogens with one attached hydrogen (secondary N) is 1. The first-order chi connectivity index (χ1) is 17.3. The SMILES string of the molecule is O=c1oc2c3c4c(cc2cc1-c1nc2c5cccnc5c5ncccc5c2[nH]1)CCCN4CCC3. The van der Waals surface area contributed by atoms with Crippen LogP contribution in [0.15, 0.2) is 58.0 Å². The smallest absolute Gasteiger partial charge is 0.347 e. The highest BCUT2D eigenvalue weighted by molar-refractivity contribution is 6.21. The standard InChI is InChI=1S/C28H21N5O2/c34-28-20(14-16-13-15-5-3-11-33-12-4-8-19(25(15)33)26(16)35-28)27-31-23-17-6-1-9-29-21(17)22-18(24(23)32-27)7-2-10-30-22/h1-2,6-7,9-10,13-14H,3-5,8,11-12H2,(H,31,32). The lowest BCUT2D eigenvalue weighted by Gasteiger charge is -2.37. The van der Waals surface area contributed by atoms with E-state index in [9.17, 15) is 4.79 Å². The molecule has 0 spiro atoms. The summed E-state index contributed by atoms with van der Waals surface area (Å²) in [6.45, 7) is 2.16. The van der Waals surface area contributed by atoms with Gasteiger partial charge in [-0.2, -0.15) is 0 Å². The maximum atomic E-state index is 13.3. The van der Waals surface area contributed by atoms with E-state index in [1.54, 1.807) is 12.4 Å². The summed E-state index contributed by atoms with van der Waals surface area (Å²) in [6.07, 6.45) is 7.79. The molecule has 2 aromatic carbocycles. The second-order valence-electron chi connectivity index (χ2n) is 9.53. The number of imidazole rings is 1. The number of benzene rings is 2. The van der Waals surface area contributed by atoms with E-state index in [0.717, 1.165) is 82.6 Å². The molecule has 0 saturated heterocycles. The van der Waals surface area contributed by atoms with Crippen LogP contribution in [0.1, 0.15) is 24.0 Å². The zero-order chi connectivity index (χ0) is 23.1. The third-order valence-electron chi connectivity index (χ3n) is 7.54. The largest absolute Gasteiger partial charge is 0.422 e. The van der Waals surface area contributed by atoms with Crippen LogP contribution in [0.3, 0.4) is 0 Å². The Kier molecular flexibility index (Phi) is 3.75. The molecule has 35 heavy (non-hydrogen) atoms. The first-order valence-corrected chi connectivity index (χ1v) is 12.2. The number of nitrogens with zero attached hydrogens (tertiary/aromatic N) is 4. The minimum atomic E-state index is -0.370. The second kappa shape index (κ2) is 6.88. The molecule has 0 saturated carbocycles. The van der Waals surface area contributed by atoms with E-state index in [2.05, 4.69) is 25.9 Å². The Bertz CT molecular complexity index is 1830. The van der Waals surface area contributed by atoms with Crippen LogP contribution in [0.4, 0.5) is 5.69 Å². The number of fused-ring (bicyclic) bond motifs is 8. The molecule has 2 aliphatic heterocycles. The van der Waals surface area contributed by atoms with Gasteiger partial charge in [-0.05, 0) is 67.6 Å². The van der Waals surface area contributed by atoms with Crippen LogP contribution in [-0.2, 0) is 12.8 Å². The van der Waals surface area contributed by atoms with Crippen LogP contribution in [0.5, 0.6) is 0 Å². The van der Waals surface area contributed by atoms with E-state index in [4.69, 9.17) is 9.40 Å². The van der Waals surface area contributed by atoms with Crippen molar-refractivity contribution in [2.45, 2.75) is 25.7 Å². The topological polar surface area (TPSA) is 87.9 Å². The van der Waals surface area contributed by atoms with Crippen LogP contribution in [0.25, 0.3) is 55.2 Å². The minimum Gasteiger partial charge on any atom is -0.422 e. The summed E-state index contributed by atoms with van der Waals surface area (Å²) in [5.74, 6) is 0.505. The van der Waals surface area contributed by atoms with Gasteiger partial charge in [0.15, 0.2) is 0 Å². The van der Waals surface area contributed by atoms with Crippen molar-refractivity contribution in [1.29, 1.82) is 0 Å². The number of aromatic nitrogens is 4. The van der Waals surface area contributed by atoms with Gasteiger partial charge >= 0.3 is 5.63 Å². The molecule has 4 aromatic heterocycles. The summed E-state index contributed by atoms with van der Waals surface area (Å²) in [5.41, 5.74) is 7.88. The molecule has 7 heteroatoms. The van der Waals surface area contributed by atoms with Crippen LogP contribution in [-0.4, -0.2) is 33.0 Å². The summed E-state index contributed by atoms with van der Waals surface area (Å²) in [7, 11) is 0. The molecule has 6 heterocycles. The fraction of sp³-hybridized carbons (Fsp3) is 0.214. The molecule has 7 nitrogen and oxygen atoms in total. The lowest BCUT2D eigenvalue weighted by atomic mass is 9.90. The molecule has 0 fully saturated rings. The summed E-state index contributed by atoms with van der Waals surface area (Å²) in [6, 6.07) is 12.0.